The van der Waals surface area contributed by atoms with E-state index in [4.69, 9.17) is 17.3 Å². The molecule has 2 aromatic carbocycles. The van der Waals surface area contributed by atoms with E-state index in [-0.39, 0.29) is 6.04 Å². The molecule has 20 heavy (non-hydrogen) atoms. The Morgan fingerprint density at radius 3 is 2.70 bits per heavy atom. The maximum absolute atomic E-state index is 6.12. The minimum Gasteiger partial charge on any atom is -0.369 e. The lowest BCUT2D eigenvalue weighted by atomic mass is 10.1. The van der Waals surface area contributed by atoms with Gasteiger partial charge in [0.05, 0.1) is 17.1 Å². The fraction of sp³-hybridized carbons (Fsp3) is 0.188. The van der Waals surface area contributed by atoms with E-state index >= 15 is 0 Å². The topological polar surface area (TPSA) is 43.8 Å². The third kappa shape index (κ3) is 2.04. The molecular weight excluding hydrogens is 270 g/mol. The Morgan fingerprint density at radius 2 is 1.95 bits per heavy atom. The molecule has 0 radical (unpaired) electrons. The van der Waals surface area contributed by atoms with Crippen LogP contribution in [-0.2, 0) is 0 Å². The zero-order valence-electron chi connectivity index (χ0n) is 11.5. The quantitative estimate of drug-likeness (QED) is 0.767. The Hall–Kier alpha value is -2.00. The average molecular weight is 286 g/mol. The van der Waals surface area contributed by atoms with Gasteiger partial charge in [0.1, 0.15) is 0 Å². The predicted molar refractivity (Wildman–Crippen MR) is 84.1 cm³/mol. The molecule has 3 nitrogen and oxygen atoms in total. The van der Waals surface area contributed by atoms with E-state index < -0.39 is 0 Å². The highest BCUT2D eigenvalue weighted by molar-refractivity contribution is 6.30. The van der Waals surface area contributed by atoms with Crippen molar-refractivity contribution in [1.82, 2.24) is 9.55 Å². The van der Waals surface area contributed by atoms with Gasteiger partial charge in [0.15, 0.2) is 0 Å². The van der Waals surface area contributed by atoms with E-state index in [2.05, 4.69) is 18.0 Å². The molecule has 3 aromatic rings. The molecule has 0 bridgehead atoms. The van der Waals surface area contributed by atoms with Gasteiger partial charge >= 0.3 is 0 Å². The molecule has 1 atom stereocenters. The lowest BCUT2D eigenvalue weighted by molar-refractivity contribution is 0.668. The highest BCUT2D eigenvalue weighted by atomic mass is 35.5. The van der Waals surface area contributed by atoms with Crippen molar-refractivity contribution in [3.05, 3.63) is 58.6 Å². The number of benzene rings is 2. The van der Waals surface area contributed by atoms with Gasteiger partial charge in [-0.15, -0.1) is 0 Å². The summed E-state index contributed by atoms with van der Waals surface area (Å²) in [6.07, 6.45) is 0. The Bertz CT molecular complexity index is 776. The van der Waals surface area contributed by atoms with Crippen LogP contribution in [0.1, 0.15) is 24.1 Å². The Kier molecular flexibility index (Phi) is 3.14. The van der Waals surface area contributed by atoms with E-state index in [0.717, 1.165) is 27.2 Å². The lowest BCUT2D eigenvalue weighted by Gasteiger charge is -2.16. The number of imidazole rings is 1. The van der Waals surface area contributed by atoms with E-state index in [1.807, 2.05) is 47.9 Å². The number of aryl methyl sites for hydroxylation is 1. The monoisotopic (exact) mass is 285 g/mol. The summed E-state index contributed by atoms with van der Waals surface area (Å²) in [5, 5.41) is 0.730. The van der Waals surface area contributed by atoms with E-state index in [9.17, 15) is 0 Å². The smallest absolute Gasteiger partial charge is 0.201 e. The molecule has 0 fully saturated rings. The summed E-state index contributed by atoms with van der Waals surface area (Å²) >= 11 is 6.08. The van der Waals surface area contributed by atoms with Gasteiger partial charge in [-0.05, 0) is 43.2 Å². The summed E-state index contributed by atoms with van der Waals surface area (Å²) in [6, 6.07) is 14.0. The molecule has 2 N–H and O–H groups in total. The SMILES string of the molecule is Cc1cccc2c1nc(N)n2C(C)c1cccc(Cl)c1. The Morgan fingerprint density at radius 1 is 1.20 bits per heavy atom. The zero-order valence-corrected chi connectivity index (χ0v) is 12.2. The standard InChI is InChI=1S/C16H16ClN3/c1-10-5-3-8-14-15(10)19-16(18)20(14)11(2)12-6-4-7-13(17)9-12/h3-9,11H,1-2H3,(H2,18,19). The van der Waals surface area contributed by atoms with Gasteiger partial charge in [0.25, 0.3) is 0 Å². The third-order valence-corrected chi connectivity index (χ3v) is 3.90. The molecule has 0 amide bonds. The van der Waals surface area contributed by atoms with Crippen LogP contribution in [0.5, 0.6) is 0 Å². The first-order chi connectivity index (χ1) is 9.58. The Labute approximate surface area is 123 Å². The second kappa shape index (κ2) is 4.84. The van der Waals surface area contributed by atoms with E-state index in [1.54, 1.807) is 0 Å². The summed E-state index contributed by atoms with van der Waals surface area (Å²) in [5.41, 5.74) is 10.4. The van der Waals surface area contributed by atoms with Crippen molar-refractivity contribution >= 4 is 28.6 Å². The van der Waals surface area contributed by atoms with Gasteiger partial charge < -0.3 is 10.3 Å². The van der Waals surface area contributed by atoms with Gasteiger partial charge in [-0.25, -0.2) is 4.98 Å². The fourth-order valence-corrected chi connectivity index (χ4v) is 2.80. The van der Waals surface area contributed by atoms with Crippen LogP contribution < -0.4 is 5.73 Å². The second-order valence-corrected chi connectivity index (χ2v) is 5.45. The first-order valence-corrected chi connectivity index (χ1v) is 6.94. The molecule has 1 heterocycles. The minimum atomic E-state index is 0.0838. The molecule has 0 saturated heterocycles. The first kappa shape index (κ1) is 13.0. The van der Waals surface area contributed by atoms with Crippen molar-refractivity contribution in [1.29, 1.82) is 0 Å². The van der Waals surface area contributed by atoms with Crippen molar-refractivity contribution in [2.24, 2.45) is 0 Å². The van der Waals surface area contributed by atoms with Crippen molar-refractivity contribution in [3.8, 4) is 0 Å². The number of para-hydroxylation sites is 1. The highest BCUT2D eigenvalue weighted by Gasteiger charge is 2.16. The number of halogens is 1. The van der Waals surface area contributed by atoms with Gasteiger partial charge in [0.2, 0.25) is 5.95 Å². The number of fused-ring (bicyclic) bond motifs is 1. The van der Waals surface area contributed by atoms with E-state index in [1.165, 1.54) is 0 Å². The molecule has 4 heteroatoms. The lowest BCUT2D eigenvalue weighted by Crippen LogP contribution is -2.10. The van der Waals surface area contributed by atoms with Crippen molar-refractivity contribution in [2.75, 3.05) is 5.73 Å². The second-order valence-electron chi connectivity index (χ2n) is 5.01. The van der Waals surface area contributed by atoms with Crippen LogP contribution in [0.15, 0.2) is 42.5 Å². The van der Waals surface area contributed by atoms with Crippen LogP contribution >= 0.6 is 11.6 Å². The molecule has 1 unspecified atom stereocenters. The molecule has 0 saturated carbocycles. The summed E-state index contributed by atoms with van der Waals surface area (Å²) in [4.78, 5) is 4.49. The number of hydrogen-bond acceptors (Lipinski definition) is 2. The van der Waals surface area contributed by atoms with Crippen molar-refractivity contribution in [2.45, 2.75) is 19.9 Å². The van der Waals surface area contributed by atoms with E-state index in [0.29, 0.717) is 5.95 Å². The molecule has 1 aromatic heterocycles. The van der Waals surface area contributed by atoms with Crippen LogP contribution in [0.25, 0.3) is 11.0 Å². The summed E-state index contributed by atoms with van der Waals surface area (Å²) < 4.78 is 2.05. The molecule has 0 aliphatic heterocycles. The van der Waals surface area contributed by atoms with Crippen molar-refractivity contribution in [3.63, 3.8) is 0 Å². The van der Waals surface area contributed by atoms with Crippen LogP contribution in [0, 0.1) is 6.92 Å². The predicted octanol–water partition coefficient (Wildman–Crippen LogP) is 4.19. The molecule has 0 aliphatic carbocycles. The van der Waals surface area contributed by atoms with Crippen LogP contribution in [0.2, 0.25) is 5.02 Å². The molecule has 0 aliphatic rings. The number of rotatable bonds is 2. The fourth-order valence-electron chi connectivity index (χ4n) is 2.60. The third-order valence-electron chi connectivity index (χ3n) is 3.67. The van der Waals surface area contributed by atoms with Gasteiger partial charge in [0, 0.05) is 5.02 Å². The summed E-state index contributed by atoms with van der Waals surface area (Å²) in [7, 11) is 0. The van der Waals surface area contributed by atoms with Gasteiger partial charge in [-0.2, -0.15) is 0 Å². The number of aromatic nitrogens is 2. The highest BCUT2D eigenvalue weighted by Crippen LogP contribution is 2.29. The van der Waals surface area contributed by atoms with Crippen molar-refractivity contribution < 1.29 is 0 Å². The summed E-state index contributed by atoms with van der Waals surface area (Å²) in [5.74, 6) is 0.529. The Balaban J connectivity index is 2.19. The van der Waals surface area contributed by atoms with Gasteiger partial charge in [-0.1, -0.05) is 35.9 Å². The summed E-state index contributed by atoms with van der Waals surface area (Å²) in [6.45, 7) is 4.15. The molecule has 3 rings (SSSR count). The van der Waals surface area contributed by atoms with Gasteiger partial charge in [-0.3, -0.25) is 0 Å². The molecular formula is C16H16ClN3. The maximum Gasteiger partial charge on any atom is 0.201 e. The largest absolute Gasteiger partial charge is 0.369 e. The molecule has 0 spiro atoms. The maximum atomic E-state index is 6.12. The number of nitrogens with zero attached hydrogens (tertiary/aromatic N) is 2. The minimum absolute atomic E-state index is 0.0838. The molecule has 102 valence electrons. The number of hydrogen-bond donors (Lipinski definition) is 1. The average Bonchev–Trinajstić information content (AvgIpc) is 2.76. The normalized spacial score (nSPS) is 12.8. The zero-order chi connectivity index (χ0) is 14.3. The number of nitrogen functional groups attached to an aromatic ring is 1. The van der Waals surface area contributed by atoms with Crippen LogP contribution in [0.3, 0.4) is 0 Å². The van der Waals surface area contributed by atoms with Crippen LogP contribution in [-0.4, -0.2) is 9.55 Å². The first-order valence-electron chi connectivity index (χ1n) is 6.56. The number of anilines is 1. The van der Waals surface area contributed by atoms with Crippen LogP contribution in [0.4, 0.5) is 5.95 Å². The number of nitrogens with two attached hydrogens (primary N) is 1.